The average Bonchev–Trinajstić information content (AvgIpc) is 3.24. The first-order valence-corrected chi connectivity index (χ1v) is 8.69. The van der Waals surface area contributed by atoms with Crippen LogP contribution in [0.1, 0.15) is 61.4 Å². The summed E-state index contributed by atoms with van der Waals surface area (Å²) in [5, 5.41) is 10.9. The van der Waals surface area contributed by atoms with E-state index in [9.17, 15) is 18.0 Å². The highest BCUT2D eigenvalue weighted by molar-refractivity contribution is 5.80. The van der Waals surface area contributed by atoms with Crippen LogP contribution in [-0.4, -0.2) is 25.5 Å². The van der Waals surface area contributed by atoms with Crippen molar-refractivity contribution in [1.82, 2.24) is 24.9 Å². The van der Waals surface area contributed by atoms with Gasteiger partial charge in [-0.3, -0.25) is 14.2 Å². The second-order valence-corrected chi connectivity index (χ2v) is 6.64. The van der Waals surface area contributed by atoms with Gasteiger partial charge in [-0.2, -0.15) is 23.4 Å². The fraction of sp³-hybridized carbons (Fsp3) is 0.588. The van der Waals surface area contributed by atoms with Gasteiger partial charge in [-0.15, -0.1) is 0 Å². The van der Waals surface area contributed by atoms with Crippen LogP contribution in [0.4, 0.5) is 13.2 Å². The van der Waals surface area contributed by atoms with Gasteiger partial charge in [0.05, 0.1) is 11.7 Å². The third-order valence-electron chi connectivity index (χ3n) is 4.75. The Morgan fingerprint density at radius 3 is 2.65 bits per heavy atom. The molecule has 2 atom stereocenters. The predicted molar refractivity (Wildman–Crippen MR) is 88.3 cm³/mol. The van der Waals surface area contributed by atoms with Crippen molar-refractivity contribution in [1.29, 1.82) is 0 Å². The fourth-order valence-corrected chi connectivity index (χ4v) is 3.47. The van der Waals surface area contributed by atoms with E-state index in [1.54, 1.807) is 37.8 Å². The molecule has 6 nitrogen and oxygen atoms in total. The van der Waals surface area contributed by atoms with E-state index < -0.39 is 17.9 Å². The molecule has 2 heterocycles. The molecule has 3 rings (SSSR count). The summed E-state index contributed by atoms with van der Waals surface area (Å²) in [7, 11) is 1.78. The van der Waals surface area contributed by atoms with Crippen LogP contribution in [0.2, 0.25) is 0 Å². The zero-order chi connectivity index (χ0) is 19.1. The lowest BCUT2D eigenvalue weighted by Gasteiger charge is -2.20. The molecule has 1 N–H and O–H groups in total. The molecule has 0 radical (unpaired) electrons. The highest BCUT2D eigenvalue weighted by Crippen LogP contribution is 2.37. The summed E-state index contributed by atoms with van der Waals surface area (Å²) < 4.78 is 42.7. The first kappa shape index (κ1) is 18.5. The van der Waals surface area contributed by atoms with Gasteiger partial charge in [-0.25, -0.2) is 0 Å². The number of amides is 1. The second-order valence-electron chi connectivity index (χ2n) is 6.64. The Kier molecular flexibility index (Phi) is 4.81. The molecule has 0 saturated carbocycles. The van der Waals surface area contributed by atoms with Gasteiger partial charge in [0.25, 0.3) is 0 Å². The number of hydrogen-bond acceptors (Lipinski definition) is 3. The Labute approximate surface area is 149 Å². The maximum atomic E-state index is 13.3. The van der Waals surface area contributed by atoms with E-state index in [-0.39, 0.29) is 17.5 Å². The van der Waals surface area contributed by atoms with Gasteiger partial charge in [0.15, 0.2) is 5.69 Å². The number of fused-ring (bicyclic) bond motifs is 1. The third kappa shape index (κ3) is 3.34. The van der Waals surface area contributed by atoms with Crippen molar-refractivity contribution in [3.05, 3.63) is 34.9 Å². The van der Waals surface area contributed by atoms with E-state index in [1.165, 1.54) is 4.68 Å². The summed E-state index contributed by atoms with van der Waals surface area (Å²) in [6.45, 7) is 3.56. The molecule has 0 fully saturated rings. The average molecular weight is 369 g/mol. The van der Waals surface area contributed by atoms with Crippen molar-refractivity contribution in [3.8, 4) is 0 Å². The number of nitrogens with zero attached hydrogens (tertiary/aromatic N) is 4. The van der Waals surface area contributed by atoms with Crippen molar-refractivity contribution in [2.75, 3.05) is 0 Å². The van der Waals surface area contributed by atoms with Crippen molar-refractivity contribution in [3.63, 3.8) is 0 Å². The van der Waals surface area contributed by atoms with Crippen LogP contribution >= 0.6 is 0 Å². The van der Waals surface area contributed by atoms with Gasteiger partial charge < -0.3 is 5.32 Å². The Morgan fingerprint density at radius 2 is 2.08 bits per heavy atom. The molecule has 1 aliphatic carbocycles. The van der Waals surface area contributed by atoms with E-state index >= 15 is 0 Å². The minimum Gasteiger partial charge on any atom is -0.346 e. The van der Waals surface area contributed by atoms with E-state index in [0.717, 1.165) is 0 Å². The zero-order valence-electron chi connectivity index (χ0n) is 15.0. The molecule has 0 aliphatic heterocycles. The number of aromatic nitrogens is 4. The zero-order valence-corrected chi connectivity index (χ0v) is 15.0. The van der Waals surface area contributed by atoms with E-state index in [1.807, 2.05) is 0 Å². The molecule has 1 amide bonds. The molecule has 0 aromatic carbocycles. The smallest absolute Gasteiger partial charge is 0.346 e. The van der Waals surface area contributed by atoms with Gasteiger partial charge in [0.2, 0.25) is 5.91 Å². The Balaban J connectivity index is 1.86. The lowest BCUT2D eigenvalue weighted by Crippen LogP contribution is -2.35. The summed E-state index contributed by atoms with van der Waals surface area (Å²) in [5.74, 6) is -0.350. The standard InChI is InChI=1S/C17H22F3N5O/c1-4-13(16(26)21-10(2)12-8-9-24(3)22-12)25-14-7-5-6-11(14)15(23-25)17(18,19)20/h8-10,13H,4-7H2,1-3H3,(H,21,26)/t10-,13-/m1/s1. The number of carbonyl (C=O) groups excluding carboxylic acids is 1. The molecule has 0 saturated heterocycles. The van der Waals surface area contributed by atoms with Gasteiger partial charge >= 0.3 is 6.18 Å². The maximum absolute atomic E-state index is 13.3. The molecular formula is C17H22F3N5O. The summed E-state index contributed by atoms with van der Waals surface area (Å²) in [4.78, 5) is 12.7. The number of hydrogen-bond donors (Lipinski definition) is 1. The van der Waals surface area contributed by atoms with Crippen LogP contribution in [-0.2, 0) is 30.9 Å². The molecule has 26 heavy (non-hydrogen) atoms. The van der Waals surface area contributed by atoms with Crippen LogP contribution in [0.15, 0.2) is 12.3 Å². The first-order valence-electron chi connectivity index (χ1n) is 8.69. The van der Waals surface area contributed by atoms with Crippen molar-refractivity contribution >= 4 is 5.91 Å². The van der Waals surface area contributed by atoms with E-state index in [0.29, 0.717) is 37.1 Å². The highest BCUT2D eigenvalue weighted by atomic mass is 19.4. The lowest BCUT2D eigenvalue weighted by atomic mass is 10.1. The monoisotopic (exact) mass is 369 g/mol. The molecule has 2 aromatic heterocycles. The molecule has 9 heteroatoms. The van der Waals surface area contributed by atoms with E-state index in [4.69, 9.17) is 0 Å². The summed E-state index contributed by atoms with van der Waals surface area (Å²) >= 11 is 0. The third-order valence-corrected chi connectivity index (χ3v) is 4.75. The minimum absolute atomic E-state index is 0.238. The number of alkyl halides is 3. The van der Waals surface area contributed by atoms with Crippen LogP contribution in [0, 0.1) is 0 Å². The summed E-state index contributed by atoms with van der Waals surface area (Å²) in [6, 6.07) is 0.673. The Morgan fingerprint density at radius 1 is 1.35 bits per heavy atom. The first-order chi connectivity index (χ1) is 12.2. The van der Waals surface area contributed by atoms with Gasteiger partial charge in [0, 0.05) is 24.5 Å². The molecule has 1 aliphatic rings. The Bertz CT molecular complexity index is 808. The number of rotatable bonds is 5. The van der Waals surface area contributed by atoms with Crippen LogP contribution in [0.3, 0.4) is 0 Å². The SMILES string of the molecule is CC[C@H](C(=O)N[C@H](C)c1ccn(C)n1)n1nc(C(F)(F)F)c2c1CCC2. The molecule has 0 bridgehead atoms. The normalized spacial score (nSPS) is 16.4. The van der Waals surface area contributed by atoms with Gasteiger partial charge in [-0.05, 0) is 38.7 Å². The van der Waals surface area contributed by atoms with Crippen LogP contribution in [0.5, 0.6) is 0 Å². The van der Waals surface area contributed by atoms with Crippen molar-refractivity contribution in [2.45, 2.75) is 57.8 Å². The maximum Gasteiger partial charge on any atom is 0.435 e. The molecule has 0 unspecified atom stereocenters. The summed E-state index contributed by atoms with van der Waals surface area (Å²) in [6.07, 6.45) is -0.865. The van der Waals surface area contributed by atoms with Gasteiger partial charge in [0.1, 0.15) is 6.04 Å². The number of halogens is 3. The fourth-order valence-electron chi connectivity index (χ4n) is 3.47. The largest absolute Gasteiger partial charge is 0.435 e. The van der Waals surface area contributed by atoms with E-state index in [2.05, 4.69) is 15.5 Å². The quantitative estimate of drug-likeness (QED) is 0.881. The minimum atomic E-state index is -4.50. The predicted octanol–water partition coefficient (Wildman–Crippen LogP) is 2.95. The second kappa shape index (κ2) is 6.77. The highest BCUT2D eigenvalue weighted by Gasteiger charge is 2.41. The molecule has 2 aromatic rings. The summed E-state index contributed by atoms with van der Waals surface area (Å²) in [5.41, 5.74) is 0.609. The molecule has 0 spiro atoms. The number of nitrogens with one attached hydrogen (secondary N) is 1. The van der Waals surface area contributed by atoms with Gasteiger partial charge in [-0.1, -0.05) is 6.92 Å². The number of aryl methyl sites for hydroxylation is 1. The Hall–Kier alpha value is -2.32. The van der Waals surface area contributed by atoms with Crippen molar-refractivity contribution < 1.29 is 18.0 Å². The lowest BCUT2D eigenvalue weighted by molar-refractivity contribution is -0.142. The number of carbonyl (C=O) groups is 1. The molecule has 142 valence electrons. The van der Waals surface area contributed by atoms with Crippen molar-refractivity contribution in [2.24, 2.45) is 7.05 Å². The topological polar surface area (TPSA) is 64.7 Å². The van der Waals surface area contributed by atoms with Crippen LogP contribution < -0.4 is 5.32 Å². The van der Waals surface area contributed by atoms with Crippen LogP contribution in [0.25, 0.3) is 0 Å². The molecular weight excluding hydrogens is 347 g/mol.